The molecule has 0 saturated heterocycles. The summed E-state index contributed by atoms with van der Waals surface area (Å²) in [6.07, 6.45) is 6.71. The predicted molar refractivity (Wildman–Crippen MR) is 130 cm³/mol. The Labute approximate surface area is 193 Å². The Morgan fingerprint density at radius 2 is 1.70 bits per heavy atom. The number of rotatable bonds is 9. The fraction of sp³-hybridized carbons (Fsp3) is 0.286. The van der Waals surface area contributed by atoms with Gasteiger partial charge in [0.15, 0.2) is 5.43 Å². The van der Waals surface area contributed by atoms with Gasteiger partial charge in [-0.25, -0.2) is 4.79 Å². The molecule has 0 aromatic heterocycles. The SMILES string of the molecule is CCCCCCCCOC(=O)c1ccccc1-c1c2ccc(=O)cc-2oc2cc(O)ccc12. The zero-order valence-corrected chi connectivity index (χ0v) is 18.8. The minimum absolute atomic E-state index is 0.0569. The third-order valence-corrected chi connectivity index (χ3v) is 5.82. The highest BCUT2D eigenvalue weighted by molar-refractivity contribution is 6.07. The third kappa shape index (κ3) is 5.08. The summed E-state index contributed by atoms with van der Waals surface area (Å²) in [4.78, 5) is 25.0. The second kappa shape index (κ2) is 10.3. The number of unbranched alkanes of at least 4 members (excludes halogenated alkanes) is 5. The van der Waals surface area contributed by atoms with Gasteiger partial charge in [-0.1, -0.05) is 57.2 Å². The van der Waals surface area contributed by atoms with Crippen molar-refractivity contribution in [1.82, 2.24) is 0 Å². The van der Waals surface area contributed by atoms with Crippen LogP contribution in [0.1, 0.15) is 55.8 Å². The van der Waals surface area contributed by atoms with Gasteiger partial charge in [-0.2, -0.15) is 0 Å². The Hall–Kier alpha value is -3.60. The molecule has 0 saturated carbocycles. The van der Waals surface area contributed by atoms with E-state index in [1.54, 1.807) is 24.3 Å². The number of carbonyl (C=O) groups excluding carboxylic acids is 1. The molecule has 0 bridgehead atoms. The number of phenols is 1. The number of hydrogen-bond acceptors (Lipinski definition) is 5. The van der Waals surface area contributed by atoms with E-state index >= 15 is 0 Å². The lowest BCUT2D eigenvalue weighted by molar-refractivity contribution is 0.0498. The molecule has 2 aliphatic rings. The van der Waals surface area contributed by atoms with Crippen molar-refractivity contribution < 1.29 is 19.1 Å². The average Bonchev–Trinajstić information content (AvgIpc) is 2.81. The summed E-state index contributed by atoms with van der Waals surface area (Å²) in [6, 6.07) is 16.7. The molecule has 0 spiro atoms. The maximum Gasteiger partial charge on any atom is 0.338 e. The summed E-state index contributed by atoms with van der Waals surface area (Å²) in [5.74, 6) is 0.0767. The maximum absolute atomic E-state index is 13.0. The van der Waals surface area contributed by atoms with E-state index < -0.39 is 0 Å². The van der Waals surface area contributed by atoms with E-state index in [1.165, 1.54) is 37.5 Å². The first-order valence-corrected chi connectivity index (χ1v) is 11.5. The number of benzene rings is 3. The minimum atomic E-state index is -0.375. The van der Waals surface area contributed by atoms with E-state index in [4.69, 9.17) is 9.15 Å². The van der Waals surface area contributed by atoms with Gasteiger partial charge in [0, 0.05) is 28.6 Å². The highest BCUT2D eigenvalue weighted by Crippen LogP contribution is 2.41. The molecule has 2 aromatic rings. The number of aromatic hydroxyl groups is 1. The number of hydrogen-bond donors (Lipinski definition) is 1. The van der Waals surface area contributed by atoms with Gasteiger partial charge >= 0.3 is 5.97 Å². The first-order chi connectivity index (χ1) is 16.1. The summed E-state index contributed by atoms with van der Waals surface area (Å²) >= 11 is 0. The van der Waals surface area contributed by atoms with Crippen LogP contribution in [0.3, 0.4) is 0 Å². The molecular formula is C28H28O5. The van der Waals surface area contributed by atoms with Gasteiger partial charge in [0.1, 0.15) is 17.1 Å². The Morgan fingerprint density at radius 3 is 2.55 bits per heavy atom. The number of esters is 1. The highest BCUT2D eigenvalue weighted by Gasteiger charge is 2.22. The van der Waals surface area contributed by atoms with E-state index in [0.717, 1.165) is 30.2 Å². The maximum atomic E-state index is 13.0. The van der Waals surface area contributed by atoms with Gasteiger partial charge in [0.2, 0.25) is 0 Å². The molecule has 5 heteroatoms. The van der Waals surface area contributed by atoms with Gasteiger partial charge in [-0.3, -0.25) is 4.79 Å². The largest absolute Gasteiger partial charge is 0.508 e. The Morgan fingerprint density at radius 1 is 0.909 bits per heavy atom. The number of phenolic OH excluding ortho intramolecular Hbond substituents is 1. The number of fused-ring (bicyclic) bond motifs is 2. The number of ether oxygens (including phenoxy) is 1. The van der Waals surface area contributed by atoms with Crippen molar-refractivity contribution >= 4 is 16.9 Å². The van der Waals surface area contributed by atoms with Crippen LogP contribution in [0.25, 0.3) is 33.4 Å². The molecule has 1 N–H and O–H groups in total. The van der Waals surface area contributed by atoms with E-state index in [9.17, 15) is 14.7 Å². The molecule has 0 fully saturated rings. The van der Waals surface area contributed by atoms with Crippen LogP contribution in [-0.2, 0) is 4.74 Å². The Kier molecular flexibility index (Phi) is 7.08. The van der Waals surface area contributed by atoms with Crippen molar-refractivity contribution in [1.29, 1.82) is 0 Å². The lowest BCUT2D eigenvalue weighted by atomic mass is 9.91. The van der Waals surface area contributed by atoms with Crippen LogP contribution < -0.4 is 5.43 Å². The molecule has 0 unspecified atom stereocenters. The van der Waals surface area contributed by atoms with Gasteiger partial charge < -0.3 is 14.3 Å². The molecule has 170 valence electrons. The van der Waals surface area contributed by atoms with Crippen LogP contribution >= 0.6 is 0 Å². The molecule has 0 radical (unpaired) electrons. The molecule has 1 aliphatic carbocycles. The van der Waals surface area contributed by atoms with Crippen molar-refractivity contribution in [3.8, 4) is 28.2 Å². The van der Waals surface area contributed by atoms with Crippen molar-refractivity contribution in [2.24, 2.45) is 0 Å². The van der Waals surface area contributed by atoms with Crippen LogP contribution in [0.5, 0.6) is 5.75 Å². The molecule has 2 aromatic carbocycles. The summed E-state index contributed by atoms with van der Waals surface area (Å²) in [7, 11) is 0. The fourth-order valence-corrected chi connectivity index (χ4v) is 4.15. The van der Waals surface area contributed by atoms with Crippen LogP contribution in [0.4, 0.5) is 0 Å². The highest BCUT2D eigenvalue weighted by atomic mass is 16.5. The Balaban J connectivity index is 1.69. The molecule has 0 amide bonds. The van der Waals surface area contributed by atoms with Crippen LogP contribution in [0.2, 0.25) is 0 Å². The average molecular weight is 445 g/mol. The predicted octanol–water partition coefficient (Wildman–Crippen LogP) is 6.79. The van der Waals surface area contributed by atoms with Gasteiger partial charge in [-0.15, -0.1) is 0 Å². The van der Waals surface area contributed by atoms with Crippen molar-refractivity contribution in [2.45, 2.75) is 45.4 Å². The van der Waals surface area contributed by atoms with Crippen molar-refractivity contribution in [3.63, 3.8) is 0 Å². The second-order valence-electron chi connectivity index (χ2n) is 8.26. The van der Waals surface area contributed by atoms with Crippen LogP contribution in [0, 0.1) is 0 Å². The first kappa shape index (κ1) is 22.6. The molecular weight excluding hydrogens is 416 g/mol. The zero-order chi connectivity index (χ0) is 23.2. The minimum Gasteiger partial charge on any atom is -0.508 e. The lowest BCUT2D eigenvalue weighted by Crippen LogP contribution is -2.09. The standard InChI is InChI=1S/C28H28O5/c1-2-3-4-5-6-9-16-32-28(31)22-11-8-7-10-21(22)27-23-14-12-19(29)17-25(23)33-26-18-20(30)13-15-24(26)27/h7-8,10-15,17-18,29H,2-6,9,16H2,1H3. The van der Waals surface area contributed by atoms with Gasteiger partial charge in [0.05, 0.1) is 12.2 Å². The first-order valence-electron chi connectivity index (χ1n) is 11.5. The molecule has 33 heavy (non-hydrogen) atoms. The molecule has 1 heterocycles. The van der Waals surface area contributed by atoms with E-state index in [1.807, 2.05) is 18.2 Å². The molecule has 1 aliphatic heterocycles. The summed E-state index contributed by atoms with van der Waals surface area (Å²) in [5.41, 5.74) is 2.88. The normalized spacial score (nSPS) is 11.2. The second-order valence-corrected chi connectivity index (χ2v) is 8.26. The smallest absolute Gasteiger partial charge is 0.338 e. The number of carbonyl (C=O) groups is 1. The van der Waals surface area contributed by atoms with Crippen LogP contribution in [0.15, 0.2) is 69.9 Å². The van der Waals surface area contributed by atoms with E-state index in [2.05, 4.69) is 6.92 Å². The van der Waals surface area contributed by atoms with E-state index in [-0.39, 0.29) is 17.1 Å². The molecule has 0 atom stereocenters. The monoisotopic (exact) mass is 444 g/mol. The van der Waals surface area contributed by atoms with Gasteiger partial charge in [0.25, 0.3) is 0 Å². The van der Waals surface area contributed by atoms with Crippen LogP contribution in [-0.4, -0.2) is 17.7 Å². The quantitative estimate of drug-likeness (QED) is 0.175. The topological polar surface area (TPSA) is 76.7 Å². The zero-order valence-electron chi connectivity index (χ0n) is 18.8. The summed E-state index contributed by atoms with van der Waals surface area (Å²) in [5, 5.41) is 10.7. The van der Waals surface area contributed by atoms with E-state index in [0.29, 0.717) is 34.6 Å². The molecule has 5 nitrogen and oxygen atoms in total. The molecule has 4 rings (SSSR count). The van der Waals surface area contributed by atoms with Crippen molar-refractivity contribution in [3.05, 3.63) is 76.5 Å². The summed E-state index contributed by atoms with van der Waals surface area (Å²) in [6.45, 7) is 2.58. The lowest BCUT2D eigenvalue weighted by Gasteiger charge is -2.17. The van der Waals surface area contributed by atoms with Crippen molar-refractivity contribution in [2.75, 3.05) is 6.61 Å². The Bertz CT molecular complexity index is 1290. The fourth-order valence-electron chi connectivity index (χ4n) is 4.15. The van der Waals surface area contributed by atoms with Gasteiger partial charge in [-0.05, 0) is 42.3 Å². The third-order valence-electron chi connectivity index (χ3n) is 5.82. The summed E-state index contributed by atoms with van der Waals surface area (Å²) < 4.78 is 11.5.